The third kappa shape index (κ3) is 2.22. The first-order valence-electron chi connectivity index (χ1n) is 5.88. The molecule has 0 fully saturated rings. The maximum atomic E-state index is 12.0. The van der Waals surface area contributed by atoms with Crippen molar-refractivity contribution < 1.29 is 14.7 Å². The Morgan fingerprint density at radius 3 is 2.72 bits per heavy atom. The van der Waals surface area contributed by atoms with Crippen LogP contribution < -0.4 is 10.6 Å². The standard InChI is InChI=1S/C13H16N2O3/c1-8(14)12(16)15-7-10(13(17)18)6-9-4-2-3-5-11(9)15/h2-5,8,10H,6-7,14H2,1H3,(H,17,18)/t8-,10?/m1/s1. The van der Waals surface area contributed by atoms with Gasteiger partial charge in [0, 0.05) is 12.2 Å². The molecule has 0 aromatic heterocycles. The SMILES string of the molecule is C[C@@H](N)C(=O)N1CC(C(=O)O)Cc2ccccc21. The highest BCUT2D eigenvalue weighted by Crippen LogP contribution is 2.30. The summed E-state index contributed by atoms with van der Waals surface area (Å²) in [5, 5.41) is 9.13. The largest absolute Gasteiger partial charge is 0.481 e. The Hall–Kier alpha value is -1.88. The van der Waals surface area contributed by atoms with Crippen molar-refractivity contribution in [3.8, 4) is 0 Å². The number of carboxylic acid groups (broad SMARTS) is 1. The first-order chi connectivity index (χ1) is 8.50. The van der Waals surface area contributed by atoms with Crippen LogP contribution in [0.3, 0.4) is 0 Å². The molecule has 0 bridgehead atoms. The van der Waals surface area contributed by atoms with Gasteiger partial charge in [0.25, 0.3) is 0 Å². The Kier molecular flexibility index (Phi) is 3.34. The fraction of sp³-hybridized carbons (Fsp3) is 0.385. The average molecular weight is 248 g/mol. The second-order valence-corrected chi connectivity index (χ2v) is 4.61. The molecule has 0 saturated heterocycles. The summed E-state index contributed by atoms with van der Waals surface area (Å²) in [5.74, 6) is -1.69. The minimum Gasteiger partial charge on any atom is -0.481 e. The molecule has 0 spiro atoms. The number of hydrogen-bond donors (Lipinski definition) is 2. The summed E-state index contributed by atoms with van der Waals surface area (Å²) in [6, 6.07) is 6.73. The van der Waals surface area contributed by atoms with Gasteiger partial charge >= 0.3 is 5.97 Å². The number of carbonyl (C=O) groups excluding carboxylic acids is 1. The zero-order chi connectivity index (χ0) is 13.3. The molecule has 5 nitrogen and oxygen atoms in total. The predicted octanol–water partition coefficient (Wildman–Crippen LogP) is 0.624. The van der Waals surface area contributed by atoms with Crippen LogP contribution in [-0.4, -0.2) is 29.6 Å². The van der Waals surface area contributed by atoms with E-state index < -0.39 is 17.9 Å². The lowest BCUT2D eigenvalue weighted by molar-refractivity contribution is -0.141. The molecule has 1 unspecified atom stereocenters. The van der Waals surface area contributed by atoms with Crippen LogP contribution in [0.5, 0.6) is 0 Å². The highest BCUT2D eigenvalue weighted by Gasteiger charge is 2.32. The second-order valence-electron chi connectivity index (χ2n) is 4.61. The van der Waals surface area contributed by atoms with Crippen molar-refractivity contribution >= 4 is 17.6 Å². The van der Waals surface area contributed by atoms with Gasteiger partial charge in [0.15, 0.2) is 0 Å². The van der Waals surface area contributed by atoms with Crippen molar-refractivity contribution in [1.29, 1.82) is 0 Å². The van der Waals surface area contributed by atoms with E-state index in [0.717, 1.165) is 11.3 Å². The maximum Gasteiger partial charge on any atom is 0.308 e. The molecule has 1 aliphatic rings. The molecule has 96 valence electrons. The van der Waals surface area contributed by atoms with Gasteiger partial charge in [-0.05, 0) is 25.0 Å². The Morgan fingerprint density at radius 1 is 1.44 bits per heavy atom. The molecule has 18 heavy (non-hydrogen) atoms. The summed E-state index contributed by atoms with van der Waals surface area (Å²) in [4.78, 5) is 24.7. The molecule has 1 heterocycles. The van der Waals surface area contributed by atoms with Crippen LogP contribution >= 0.6 is 0 Å². The summed E-state index contributed by atoms with van der Waals surface area (Å²) in [6.45, 7) is 1.79. The summed E-state index contributed by atoms with van der Waals surface area (Å²) in [7, 11) is 0. The molecule has 0 aliphatic carbocycles. The van der Waals surface area contributed by atoms with Crippen molar-refractivity contribution in [2.75, 3.05) is 11.4 Å². The van der Waals surface area contributed by atoms with E-state index in [0.29, 0.717) is 6.42 Å². The number of para-hydroxylation sites is 1. The molecule has 0 radical (unpaired) electrons. The minimum atomic E-state index is -0.882. The lowest BCUT2D eigenvalue weighted by atomic mass is 9.92. The van der Waals surface area contributed by atoms with E-state index in [4.69, 9.17) is 10.8 Å². The molecular formula is C13H16N2O3. The number of nitrogens with zero attached hydrogens (tertiary/aromatic N) is 1. The van der Waals surface area contributed by atoms with E-state index in [9.17, 15) is 9.59 Å². The van der Waals surface area contributed by atoms with Crippen molar-refractivity contribution in [1.82, 2.24) is 0 Å². The van der Waals surface area contributed by atoms with Crippen LogP contribution in [-0.2, 0) is 16.0 Å². The quantitative estimate of drug-likeness (QED) is 0.803. The van der Waals surface area contributed by atoms with Crippen LogP contribution in [0, 0.1) is 5.92 Å². The number of rotatable bonds is 2. The Balaban J connectivity index is 2.39. The first-order valence-corrected chi connectivity index (χ1v) is 5.88. The number of fused-ring (bicyclic) bond motifs is 1. The number of anilines is 1. The molecule has 2 rings (SSSR count). The van der Waals surface area contributed by atoms with E-state index in [2.05, 4.69) is 0 Å². The van der Waals surface area contributed by atoms with Crippen molar-refractivity contribution in [3.63, 3.8) is 0 Å². The highest BCUT2D eigenvalue weighted by molar-refractivity contribution is 5.98. The number of benzene rings is 1. The van der Waals surface area contributed by atoms with Gasteiger partial charge in [-0.25, -0.2) is 0 Å². The van der Waals surface area contributed by atoms with Crippen molar-refractivity contribution in [2.45, 2.75) is 19.4 Å². The zero-order valence-electron chi connectivity index (χ0n) is 10.2. The number of amides is 1. The van der Waals surface area contributed by atoms with Gasteiger partial charge in [0.05, 0.1) is 12.0 Å². The van der Waals surface area contributed by atoms with E-state index in [1.807, 2.05) is 24.3 Å². The fourth-order valence-electron chi connectivity index (χ4n) is 2.22. The van der Waals surface area contributed by atoms with Gasteiger partial charge in [-0.2, -0.15) is 0 Å². The zero-order valence-corrected chi connectivity index (χ0v) is 10.2. The number of nitrogens with two attached hydrogens (primary N) is 1. The topological polar surface area (TPSA) is 83.6 Å². The van der Waals surface area contributed by atoms with E-state index >= 15 is 0 Å². The lowest BCUT2D eigenvalue weighted by Gasteiger charge is -2.33. The predicted molar refractivity (Wildman–Crippen MR) is 67.3 cm³/mol. The van der Waals surface area contributed by atoms with Gasteiger partial charge in [0.1, 0.15) is 0 Å². The van der Waals surface area contributed by atoms with Crippen LogP contribution in [0.2, 0.25) is 0 Å². The summed E-state index contributed by atoms with van der Waals surface area (Å²) in [6.07, 6.45) is 0.453. The maximum absolute atomic E-state index is 12.0. The van der Waals surface area contributed by atoms with Gasteiger partial charge in [-0.1, -0.05) is 18.2 Å². The summed E-state index contributed by atoms with van der Waals surface area (Å²) >= 11 is 0. The van der Waals surface area contributed by atoms with Crippen LogP contribution in [0.1, 0.15) is 12.5 Å². The molecular weight excluding hydrogens is 232 g/mol. The van der Waals surface area contributed by atoms with Crippen LogP contribution in [0.25, 0.3) is 0 Å². The highest BCUT2D eigenvalue weighted by atomic mass is 16.4. The van der Waals surface area contributed by atoms with E-state index in [1.54, 1.807) is 6.92 Å². The number of carboxylic acids is 1. The van der Waals surface area contributed by atoms with Crippen molar-refractivity contribution in [3.05, 3.63) is 29.8 Å². The Bertz CT molecular complexity index is 485. The molecule has 1 aromatic carbocycles. The molecule has 1 aromatic rings. The summed E-state index contributed by atoms with van der Waals surface area (Å²) in [5.41, 5.74) is 7.26. The Morgan fingerprint density at radius 2 is 2.11 bits per heavy atom. The second kappa shape index (κ2) is 4.78. The number of carbonyl (C=O) groups is 2. The molecule has 5 heteroatoms. The van der Waals surface area contributed by atoms with Crippen LogP contribution in [0.15, 0.2) is 24.3 Å². The normalized spacial score (nSPS) is 20.1. The smallest absolute Gasteiger partial charge is 0.308 e. The Labute approximate surface area is 105 Å². The molecule has 1 aliphatic heterocycles. The van der Waals surface area contributed by atoms with Gasteiger partial charge < -0.3 is 15.7 Å². The van der Waals surface area contributed by atoms with E-state index in [1.165, 1.54) is 4.90 Å². The first kappa shape index (κ1) is 12.6. The molecule has 2 atom stereocenters. The minimum absolute atomic E-state index is 0.187. The number of aliphatic carboxylic acids is 1. The van der Waals surface area contributed by atoms with Crippen LogP contribution in [0.4, 0.5) is 5.69 Å². The van der Waals surface area contributed by atoms with E-state index in [-0.39, 0.29) is 12.5 Å². The van der Waals surface area contributed by atoms with Gasteiger partial charge in [-0.3, -0.25) is 9.59 Å². The van der Waals surface area contributed by atoms with Gasteiger partial charge in [0.2, 0.25) is 5.91 Å². The summed E-state index contributed by atoms with van der Waals surface area (Å²) < 4.78 is 0. The number of hydrogen-bond acceptors (Lipinski definition) is 3. The monoisotopic (exact) mass is 248 g/mol. The van der Waals surface area contributed by atoms with Crippen molar-refractivity contribution in [2.24, 2.45) is 11.7 Å². The molecule has 3 N–H and O–H groups in total. The fourth-order valence-corrected chi connectivity index (χ4v) is 2.22. The molecule has 0 saturated carbocycles. The molecule has 1 amide bonds. The third-order valence-electron chi connectivity index (χ3n) is 3.16. The third-order valence-corrected chi connectivity index (χ3v) is 3.16. The lowest BCUT2D eigenvalue weighted by Crippen LogP contribution is -2.48. The van der Waals surface area contributed by atoms with Gasteiger partial charge in [-0.15, -0.1) is 0 Å². The average Bonchev–Trinajstić information content (AvgIpc) is 2.36.